The second-order valence-corrected chi connectivity index (χ2v) is 6.47. The second-order valence-electron chi connectivity index (χ2n) is 6.47. The van der Waals surface area contributed by atoms with Gasteiger partial charge in [-0.1, -0.05) is 38.3 Å². The van der Waals surface area contributed by atoms with E-state index in [2.05, 4.69) is 11.9 Å². The van der Waals surface area contributed by atoms with Gasteiger partial charge in [0, 0.05) is 19.0 Å². The van der Waals surface area contributed by atoms with E-state index in [9.17, 15) is 9.18 Å². The summed E-state index contributed by atoms with van der Waals surface area (Å²) in [5.74, 6) is 0.0860. The number of carbonyl (C=O) groups excluding carboxylic acids is 1. The highest BCUT2D eigenvalue weighted by Gasteiger charge is 2.21. The number of halogens is 1. The smallest absolute Gasteiger partial charge is 0.169 e. The molecule has 0 aliphatic heterocycles. The standard InChI is InChI=1S/C18H26FNO/c1-14(18(21)16-10-6-7-11-17(16)19)12-20(2)13-15-8-4-3-5-9-15/h6-7,10-11,14-15H,3-5,8-9,12-13H2,1-2H3. The lowest BCUT2D eigenvalue weighted by atomic mass is 9.88. The first-order valence-electron chi connectivity index (χ1n) is 8.05. The fourth-order valence-corrected chi connectivity index (χ4v) is 3.36. The molecule has 1 aromatic rings. The Labute approximate surface area is 127 Å². The molecule has 1 atom stereocenters. The molecule has 0 bridgehead atoms. The molecule has 0 aromatic heterocycles. The molecule has 1 aliphatic carbocycles. The van der Waals surface area contributed by atoms with Gasteiger partial charge in [-0.15, -0.1) is 0 Å². The van der Waals surface area contributed by atoms with Crippen molar-refractivity contribution in [2.75, 3.05) is 20.1 Å². The molecule has 0 radical (unpaired) electrons. The van der Waals surface area contributed by atoms with Crippen LogP contribution in [0.1, 0.15) is 49.4 Å². The number of ketones is 1. The van der Waals surface area contributed by atoms with Crippen molar-refractivity contribution in [1.82, 2.24) is 4.90 Å². The molecule has 2 rings (SSSR count). The minimum atomic E-state index is -0.413. The highest BCUT2D eigenvalue weighted by atomic mass is 19.1. The fraction of sp³-hybridized carbons (Fsp3) is 0.611. The quantitative estimate of drug-likeness (QED) is 0.734. The van der Waals surface area contributed by atoms with Crippen LogP contribution >= 0.6 is 0 Å². The topological polar surface area (TPSA) is 20.3 Å². The van der Waals surface area contributed by atoms with Gasteiger partial charge in [-0.3, -0.25) is 4.79 Å². The van der Waals surface area contributed by atoms with Gasteiger partial charge in [0.15, 0.2) is 5.78 Å². The lowest BCUT2D eigenvalue weighted by Gasteiger charge is -2.28. The van der Waals surface area contributed by atoms with Gasteiger partial charge in [-0.05, 0) is 37.9 Å². The summed E-state index contributed by atoms with van der Waals surface area (Å²) >= 11 is 0. The van der Waals surface area contributed by atoms with E-state index in [1.807, 2.05) is 6.92 Å². The molecule has 1 fully saturated rings. The van der Waals surface area contributed by atoms with Crippen LogP contribution in [0, 0.1) is 17.7 Å². The third-order valence-corrected chi connectivity index (χ3v) is 4.47. The molecule has 21 heavy (non-hydrogen) atoms. The number of hydrogen-bond donors (Lipinski definition) is 0. The molecule has 0 amide bonds. The van der Waals surface area contributed by atoms with E-state index in [1.165, 1.54) is 38.2 Å². The Morgan fingerprint density at radius 1 is 1.29 bits per heavy atom. The van der Waals surface area contributed by atoms with Crippen molar-refractivity contribution < 1.29 is 9.18 Å². The Hall–Kier alpha value is -1.22. The predicted octanol–water partition coefficient (Wildman–Crippen LogP) is 4.16. The summed E-state index contributed by atoms with van der Waals surface area (Å²) in [5.41, 5.74) is 0.219. The Morgan fingerprint density at radius 2 is 1.95 bits per heavy atom. The summed E-state index contributed by atoms with van der Waals surface area (Å²) in [5, 5.41) is 0. The van der Waals surface area contributed by atoms with Crippen LogP contribution in [0.2, 0.25) is 0 Å². The minimum absolute atomic E-state index is 0.0939. The Bertz CT molecular complexity index is 468. The normalized spacial score (nSPS) is 17.9. The molecule has 2 nitrogen and oxygen atoms in total. The number of Topliss-reactive ketones (excluding diaryl/α,β-unsaturated/α-hetero) is 1. The number of rotatable bonds is 6. The van der Waals surface area contributed by atoms with Crippen molar-refractivity contribution >= 4 is 5.78 Å². The number of hydrogen-bond acceptors (Lipinski definition) is 2. The average molecular weight is 291 g/mol. The van der Waals surface area contributed by atoms with Crippen LogP contribution in [0.15, 0.2) is 24.3 Å². The zero-order chi connectivity index (χ0) is 15.2. The van der Waals surface area contributed by atoms with Crippen LogP contribution < -0.4 is 0 Å². The molecule has 1 saturated carbocycles. The van der Waals surface area contributed by atoms with Gasteiger partial charge in [-0.25, -0.2) is 4.39 Å². The first kappa shape index (κ1) is 16.2. The van der Waals surface area contributed by atoms with Crippen molar-refractivity contribution in [1.29, 1.82) is 0 Å². The van der Waals surface area contributed by atoms with Crippen LogP contribution in [-0.2, 0) is 0 Å². The summed E-state index contributed by atoms with van der Waals surface area (Å²) < 4.78 is 13.7. The van der Waals surface area contributed by atoms with Gasteiger partial charge in [0.05, 0.1) is 5.56 Å². The van der Waals surface area contributed by atoms with Crippen LogP contribution in [0.5, 0.6) is 0 Å². The van der Waals surface area contributed by atoms with E-state index in [1.54, 1.807) is 18.2 Å². The van der Waals surface area contributed by atoms with Crippen LogP contribution in [0.3, 0.4) is 0 Å². The van der Waals surface area contributed by atoms with Gasteiger partial charge in [0.25, 0.3) is 0 Å². The van der Waals surface area contributed by atoms with Crippen LogP contribution in [-0.4, -0.2) is 30.8 Å². The van der Waals surface area contributed by atoms with Crippen molar-refractivity contribution in [3.8, 4) is 0 Å². The monoisotopic (exact) mass is 291 g/mol. The van der Waals surface area contributed by atoms with Gasteiger partial charge in [0.1, 0.15) is 5.82 Å². The maximum atomic E-state index is 13.7. The molecule has 0 heterocycles. The lowest BCUT2D eigenvalue weighted by Crippen LogP contribution is -2.33. The SMILES string of the molecule is CC(CN(C)CC1CCCCC1)C(=O)c1ccccc1F. The van der Waals surface area contributed by atoms with Gasteiger partial charge in [-0.2, -0.15) is 0 Å². The minimum Gasteiger partial charge on any atom is -0.305 e. The average Bonchev–Trinajstić information content (AvgIpc) is 2.48. The van der Waals surface area contributed by atoms with E-state index >= 15 is 0 Å². The highest BCUT2D eigenvalue weighted by molar-refractivity contribution is 5.98. The van der Waals surface area contributed by atoms with Gasteiger partial charge >= 0.3 is 0 Å². The molecule has 3 heteroatoms. The molecule has 1 aromatic carbocycles. The number of benzene rings is 1. The molecule has 1 aliphatic rings. The Morgan fingerprint density at radius 3 is 2.62 bits per heavy atom. The zero-order valence-electron chi connectivity index (χ0n) is 13.1. The summed E-state index contributed by atoms with van der Waals surface area (Å²) in [7, 11) is 2.07. The zero-order valence-corrected chi connectivity index (χ0v) is 13.1. The molecule has 1 unspecified atom stereocenters. The molecule has 116 valence electrons. The summed E-state index contributed by atoms with van der Waals surface area (Å²) in [6.07, 6.45) is 6.65. The second kappa shape index (κ2) is 7.69. The van der Waals surface area contributed by atoms with E-state index in [-0.39, 0.29) is 17.3 Å². The van der Waals surface area contributed by atoms with Crippen molar-refractivity contribution in [3.63, 3.8) is 0 Å². The third kappa shape index (κ3) is 4.63. The fourth-order valence-electron chi connectivity index (χ4n) is 3.36. The molecule has 0 N–H and O–H groups in total. The number of nitrogens with zero attached hydrogens (tertiary/aromatic N) is 1. The van der Waals surface area contributed by atoms with E-state index in [0.717, 1.165) is 12.5 Å². The largest absolute Gasteiger partial charge is 0.305 e. The maximum absolute atomic E-state index is 13.7. The lowest BCUT2D eigenvalue weighted by molar-refractivity contribution is 0.0890. The Balaban J connectivity index is 1.86. The summed E-state index contributed by atoms with van der Waals surface area (Å²) in [4.78, 5) is 14.6. The van der Waals surface area contributed by atoms with Gasteiger partial charge < -0.3 is 4.90 Å². The van der Waals surface area contributed by atoms with Crippen molar-refractivity contribution in [2.45, 2.75) is 39.0 Å². The van der Waals surface area contributed by atoms with E-state index < -0.39 is 5.82 Å². The molecular formula is C18H26FNO. The van der Waals surface area contributed by atoms with Crippen molar-refractivity contribution in [3.05, 3.63) is 35.6 Å². The summed E-state index contributed by atoms with van der Waals surface area (Å²) in [6, 6.07) is 6.27. The Kier molecular flexibility index (Phi) is 5.92. The van der Waals surface area contributed by atoms with E-state index in [4.69, 9.17) is 0 Å². The van der Waals surface area contributed by atoms with E-state index in [0.29, 0.717) is 6.54 Å². The maximum Gasteiger partial charge on any atom is 0.169 e. The highest BCUT2D eigenvalue weighted by Crippen LogP contribution is 2.24. The van der Waals surface area contributed by atoms with Crippen LogP contribution in [0.25, 0.3) is 0 Å². The predicted molar refractivity (Wildman–Crippen MR) is 84.0 cm³/mol. The molecule has 0 spiro atoms. The number of carbonyl (C=O) groups is 1. The molecule has 0 saturated heterocycles. The molecular weight excluding hydrogens is 265 g/mol. The first-order valence-corrected chi connectivity index (χ1v) is 8.05. The van der Waals surface area contributed by atoms with Crippen LogP contribution in [0.4, 0.5) is 4.39 Å². The third-order valence-electron chi connectivity index (χ3n) is 4.47. The van der Waals surface area contributed by atoms with Gasteiger partial charge in [0.2, 0.25) is 0 Å². The van der Waals surface area contributed by atoms with Crippen molar-refractivity contribution in [2.24, 2.45) is 11.8 Å². The first-order chi connectivity index (χ1) is 10.1. The summed E-state index contributed by atoms with van der Waals surface area (Å²) in [6.45, 7) is 3.64.